The molecule has 0 aliphatic rings. The van der Waals surface area contributed by atoms with E-state index >= 15 is 0 Å². The van der Waals surface area contributed by atoms with Gasteiger partial charge in [0, 0.05) is 62.2 Å². The molecule has 0 unspecified atom stereocenters. The Labute approximate surface area is 276 Å². The molecule has 48 heavy (non-hydrogen) atoms. The van der Waals surface area contributed by atoms with Gasteiger partial charge < -0.3 is 0 Å². The van der Waals surface area contributed by atoms with Crippen LogP contribution in [-0.4, -0.2) is 19.9 Å². The fraction of sp³-hybridized carbons (Fsp3) is 0. The summed E-state index contributed by atoms with van der Waals surface area (Å²) in [5.41, 5.74) is 8.07. The number of aromatic nitrogens is 4. The molecule has 0 radical (unpaired) electrons. The predicted molar refractivity (Wildman–Crippen MR) is 199 cm³/mol. The smallest absolute Gasteiger partial charge is 0.0800 e. The molecule has 0 N–H and O–H groups in total. The summed E-state index contributed by atoms with van der Waals surface area (Å²) in [5, 5.41) is 11.4. The maximum Gasteiger partial charge on any atom is 0.0800 e. The van der Waals surface area contributed by atoms with Crippen LogP contribution >= 0.6 is 0 Å². The number of hydrogen-bond acceptors (Lipinski definition) is 4. The van der Waals surface area contributed by atoms with Gasteiger partial charge in [-0.1, -0.05) is 103 Å². The zero-order chi connectivity index (χ0) is 31.6. The first-order chi connectivity index (χ1) is 23.8. The van der Waals surface area contributed by atoms with Crippen LogP contribution in [0.25, 0.3) is 98.7 Å². The van der Waals surface area contributed by atoms with Crippen LogP contribution in [0.15, 0.2) is 158 Å². The number of fused-ring (bicyclic) bond motifs is 9. The molecule has 0 fully saturated rings. The normalized spacial score (nSPS) is 11.8. The minimum absolute atomic E-state index is 0.919. The van der Waals surface area contributed by atoms with E-state index in [0.717, 1.165) is 87.9 Å². The highest BCUT2D eigenvalue weighted by atomic mass is 14.7. The van der Waals surface area contributed by atoms with E-state index in [4.69, 9.17) is 15.0 Å². The van der Waals surface area contributed by atoms with Gasteiger partial charge in [0.25, 0.3) is 0 Å². The highest BCUT2D eigenvalue weighted by Gasteiger charge is 2.22. The van der Waals surface area contributed by atoms with Crippen molar-refractivity contribution in [2.24, 2.45) is 0 Å². The fourth-order valence-electron chi connectivity index (χ4n) is 7.50. The van der Waals surface area contributed by atoms with Crippen LogP contribution in [0.3, 0.4) is 0 Å². The molecule has 10 rings (SSSR count). The Balaban J connectivity index is 1.36. The zero-order valence-corrected chi connectivity index (χ0v) is 25.8. The summed E-state index contributed by atoms with van der Waals surface area (Å²) in [7, 11) is 0. The molecule has 222 valence electrons. The second-order valence-electron chi connectivity index (χ2n) is 12.2. The van der Waals surface area contributed by atoms with Gasteiger partial charge >= 0.3 is 0 Å². The van der Waals surface area contributed by atoms with Crippen LogP contribution in [0, 0.1) is 0 Å². The first-order valence-corrected chi connectivity index (χ1v) is 16.1. The number of hydrogen-bond donors (Lipinski definition) is 0. The molecule has 0 aliphatic heterocycles. The summed E-state index contributed by atoms with van der Waals surface area (Å²) in [6.45, 7) is 0. The zero-order valence-electron chi connectivity index (χ0n) is 25.8. The second kappa shape index (κ2) is 10.5. The SMILES string of the molecule is c1cc(-c2ccncc2)nc(-c2c3ccccc3c(-c3nc4ccccc4c4c3ccc3ccc5cccnc5c34)c3ccccc23)c1. The van der Waals surface area contributed by atoms with E-state index < -0.39 is 0 Å². The van der Waals surface area contributed by atoms with E-state index in [1.807, 2.05) is 36.8 Å². The van der Waals surface area contributed by atoms with E-state index in [9.17, 15) is 0 Å². The molecule has 6 aromatic carbocycles. The fourth-order valence-corrected chi connectivity index (χ4v) is 7.50. The second-order valence-corrected chi connectivity index (χ2v) is 12.2. The first-order valence-electron chi connectivity index (χ1n) is 16.1. The van der Waals surface area contributed by atoms with Gasteiger partial charge in [0.2, 0.25) is 0 Å². The molecule has 0 amide bonds. The summed E-state index contributed by atoms with van der Waals surface area (Å²) in [6.07, 6.45) is 5.51. The number of benzene rings is 6. The van der Waals surface area contributed by atoms with Gasteiger partial charge in [-0.05, 0) is 63.3 Å². The summed E-state index contributed by atoms with van der Waals surface area (Å²) >= 11 is 0. The molecular weight excluding hydrogens is 585 g/mol. The molecule has 0 aliphatic carbocycles. The standard InChI is InChI=1S/C44H26N4/c1-3-12-32-30(10-1)40(38-17-7-16-36(47-38)27-22-25-45-26-23-27)31-11-2-4-13-33(31)42(32)44-35-21-20-28-18-19-29-9-8-24-46-43(29)39(28)41(35)34-14-5-6-15-37(34)48-44/h1-26H. The van der Waals surface area contributed by atoms with Crippen molar-refractivity contribution in [3.05, 3.63) is 158 Å². The van der Waals surface area contributed by atoms with Crippen molar-refractivity contribution in [2.75, 3.05) is 0 Å². The highest BCUT2D eigenvalue weighted by molar-refractivity contribution is 6.30. The molecule has 0 saturated heterocycles. The van der Waals surface area contributed by atoms with E-state index in [1.165, 1.54) is 10.8 Å². The number of rotatable bonds is 3. The number of pyridine rings is 4. The molecular formula is C44H26N4. The molecule has 4 heterocycles. The summed E-state index contributed by atoms with van der Waals surface area (Å²) in [4.78, 5) is 19.8. The maximum absolute atomic E-state index is 5.47. The monoisotopic (exact) mass is 610 g/mol. The van der Waals surface area contributed by atoms with Crippen LogP contribution in [0.4, 0.5) is 0 Å². The minimum atomic E-state index is 0.919. The van der Waals surface area contributed by atoms with Crippen LogP contribution < -0.4 is 0 Å². The third-order valence-electron chi connectivity index (χ3n) is 9.57. The van der Waals surface area contributed by atoms with Crippen LogP contribution in [-0.2, 0) is 0 Å². The van der Waals surface area contributed by atoms with Crippen molar-refractivity contribution in [1.29, 1.82) is 0 Å². The Morgan fingerprint density at radius 2 is 1.02 bits per heavy atom. The molecule has 10 aromatic rings. The Kier molecular flexibility index (Phi) is 5.84. The third kappa shape index (κ3) is 3.96. The van der Waals surface area contributed by atoms with E-state index in [2.05, 4.69) is 126 Å². The average Bonchev–Trinajstić information content (AvgIpc) is 3.16. The van der Waals surface area contributed by atoms with Gasteiger partial charge in [-0.3, -0.25) is 9.97 Å². The molecule has 0 atom stereocenters. The first kappa shape index (κ1) is 26.7. The van der Waals surface area contributed by atoms with Gasteiger partial charge in [-0.2, -0.15) is 0 Å². The van der Waals surface area contributed by atoms with Crippen molar-refractivity contribution in [3.63, 3.8) is 0 Å². The molecule has 4 heteroatoms. The Morgan fingerprint density at radius 3 is 1.79 bits per heavy atom. The maximum atomic E-state index is 5.47. The van der Waals surface area contributed by atoms with Gasteiger partial charge in [-0.15, -0.1) is 0 Å². The van der Waals surface area contributed by atoms with Gasteiger partial charge in [-0.25, -0.2) is 9.97 Å². The van der Waals surface area contributed by atoms with Gasteiger partial charge in [0.15, 0.2) is 0 Å². The average molecular weight is 611 g/mol. The minimum Gasteiger partial charge on any atom is -0.265 e. The lowest BCUT2D eigenvalue weighted by atomic mass is 9.86. The van der Waals surface area contributed by atoms with Gasteiger partial charge in [0.1, 0.15) is 0 Å². The lowest BCUT2D eigenvalue weighted by Gasteiger charge is -2.19. The van der Waals surface area contributed by atoms with Crippen LogP contribution in [0.2, 0.25) is 0 Å². The van der Waals surface area contributed by atoms with Crippen LogP contribution in [0.5, 0.6) is 0 Å². The Hall–Kier alpha value is -6.52. The Morgan fingerprint density at radius 1 is 0.375 bits per heavy atom. The van der Waals surface area contributed by atoms with Gasteiger partial charge in [0.05, 0.1) is 28.1 Å². The van der Waals surface area contributed by atoms with Crippen molar-refractivity contribution in [1.82, 2.24) is 19.9 Å². The topological polar surface area (TPSA) is 51.6 Å². The largest absolute Gasteiger partial charge is 0.265 e. The third-order valence-corrected chi connectivity index (χ3v) is 9.57. The summed E-state index contributed by atoms with van der Waals surface area (Å²) in [6, 6.07) is 49.2. The van der Waals surface area contributed by atoms with Crippen LogP contribution in [0.1, 0.15) is 0 Å². The molecule has 0 bridgehead atoms. The van der Waals surface area contributed by atoms with E-state index in [0.29, 0.717) is 0 Å². The lowest BCUT2D eigenvalue weighted by Crippen LogP contribution is -1.96. The van der Waals surface area contributed by atoms with E-state index in [-0.39, 0.29) is 0 Å². The highest BCUT2D eigenvalue weighted by Crippen LogP contribution is 2.46. The predicted octanol–water partition coefficient (Wildman–Crippen LogP) is 11.2. The molecule has 0 spiro atoms. The molecule has 4 nitrogen and oxygen atoms in total. The van der Waals surface area contributed by atoms with Crippen molar-refractivity contribution in [2.45, 2.75) is 0 Å². The van der Waals surface area contributed by atoms with E-state index in [1.54, 1.807) is 0 Å². The number of nitrogens with zero attached hydrogens (tertiary/aromatic N) is 4. The lowest BCUT2D eigenvalue weighted by molar-refractivity contribution is 1.29. The molecule has 0 saturated carbocycles. The summed E-state index contributed by atoms with van der Waals surface area (Å²) in [5.74, 6) is 0. The van der Waals surface area contributed by atoms with Crippen molar-refractivity contribution < 1.29 is 0 Å². The number of para-hydroxylation sites is 1. The van der Waals surface area contributed by atoms with Crippen molar-refractivity contribution in [3.8, 4) is 33.8 Å². The Bertz CT molecular complexity index is 2840. The quantitative estimate of drug-likeness (QED) is 0.147. The molecule has 4 aromatic heterocycles. The van der Waals surface area contributed by atoms with Crippen molar-refractivity contribution >= 4 is 64.9 Å². The summed E-state index contributed by atoms with van der Waals surface area (Å²) < 4.78 is 0.